The first-order valence-corrected chi connectivity index (χ1v) is 23.2. The molecule has 0 N–H and O–H groups in total. The predicted molar refractivity (Wildman–Crippen MR) is 281 cm³/mol. The largest absolute Gasteiger partial charge is 0.310 e. The van der Waals surface area contributed by atoms with Gasteiger partial charge in [-0.3, -0.25) is 0 Å². The highest BCUT2D eigenvalue weighted by Gasteiger charge is 2.46. The van der Waals surface area contributed by atoms with Gasteiger partial charge < -0.3 is 9.47 Å². The van der Waals surface area contributed by atoms with Crippen LogP contribution in [0.4, 0.5) is 17.1 Å². The van der Waals surface area contributed by atoms with Crippen LogP contribution in [-0.4, -0.2) is 4.57 Å². The van der Waals surface area contributed by atoms with Gasteiger partial charge in [-0.25, -0.2) is 0 Å². The first kappa shape index (κ1) is 38.7. The third-order valence-electron chi connectivity index (χ3n) is 14.0. The summed E-state index contributed by atoms with van der Waals surface area (Å²) in [6, 6.07) is 98.1. The number of rotatable bonds is 8. The molecular weight excluding hydrogens is 809 g/mol. The minimum Gasteiger partial charge on any atom is -0.310 e. The molecule has 1 aliphatic rings. The van der Waals surface area contributed by atoms with Crippen molar-refractivity contribution < 1.29 is 0 Å². The van der Waals surface area contributed by atoms with E-state index in [4.69, 9.17) is 0 Å². The highest BCUT2D eigenvalue weighted by Crippen LogP contribution is 2.57. The number of fused-ring (bicyclic) bond motifs is 7. The standard InChI is InChI=1S/C65H44N2/c1-4-17-45(18-5-1)47-31-35-53(36-32-47)66(56-38-40-62-60(44-56)57-27-12-14-29-61(57)65(62,51-22-6-2-7-23-51)52-24-8-3-9-25-52)54-26-16-21-49(42-54)50-34-39-59-58-28-13-15-30-63(58)67(64(59)43-50)55-37-33-46-19-10-11-20-48(46)41-55/h1-44H. The van der Waals surface area contributed by atoms with Gasteiger partial charge in [-0.15, -0.1) is 0 Å². The Morgan fingerprint density at radius 2 is 0.866 bits per heavy atom. The van der Waals surface area contributed by atoms with Gasteiger partial charge >= 0.3 is 0 Å². The van der Waals surface area contributed by atoms with Crippen LogP contribution in [0.5, 0.6) is 0 Å². The Morgan fingerprint density at radius 3 is 1.66 bits per heavy atom. The van der Waals surface area contributed by atoms with Crippen LogP contribution in [0.2, 0.25) is 0 Å². The second-order valence-corrected chi connectivity index (χ2v) is 17.7. The molecule has 12 aromatic rings. The second-order valence-electron chi connectivity index (χ2n) is 17.7. The fraction of sp³-hybridized carbons (Fsp3) is 0.0154. The average molecular weight is 853 g/mol. The van der Waals surface area contributed by atoms with Crippen molar-refractivity contribution >= 4 is 49.6 Å². The number of benzene rings is 11. The Balaban J connectivity index is 0.988. The zero-order chi connectivity index (χ0) is 44.3. The molecule has 2 nitrogen and oxygen atoms in total. The number of aromatic nitrogens is 1. The summed E-state index contributed by atoms with van der Waals surface area (Å²) in [6.07, 6.45) is 0. The fourth-order valence-corrected chi connectivity index (χ4v) is 11.0. The van der Waals surface area contributed by atoms with Crippen molar-refractivity contribution in [1.82, 2.24) is 4.57 Å². The molecule has 0 aliphatic heterocycles. The lowest BCUT2D eigenvalue weighted by molar-refractivity contribution is 0.768. The molecule has 0 saturated carbocycles. The first-order chi connectivity index (χ1) is 33.2. The molecule has 1 aromatic heterocycles. The quantitative estimate of drug-likeness (QED) is 0.148. The van der Waals surface area contributed by atoms with Gasteiger partial charge in [-0.1, -0.05) is 206 Å². The molecule has 67 heavy (non-hydrogen) atoms. The molecule has 0 radical (unpaired) electrons. The molecule has 11 aromatic carbocycles. The zero-order valence-electron chi connectivity index (χ0n) is 36.8. The number of anilines is 3. The van der Waals surface area contributed by atoms with E-state index in [1.807, 2.05) is 0 Å². The molecule has 0 unspecified atom stereocenters. The summed E-state index contributed by atoms with van der Waals surface area (Å²) in [5.74, 6) is 0. The highest BCUT2D eigenvalue weighted by molar-refractivity contribution is 6.10. The molecule has 314 valence electrons. The Morgan fingerprint density at radius 1 is 0.299 bits per heavy atom. The summed E-state index contributed by atoms with van der Waals surface area (Å²) in [5, 5.41) is 4.96. The number of para-hydroxylation sites is 1. The van der Waals surface area contributed by atoms with Gasteiger partial charge in [0.25, 0.3) is 0 Å². The van der Waals surface area contributed by atoms with Crippen molar-refractivity contribution in [2.45, 2.75) is 5.41 Å². The molecule has 1 aliphatic carbocycles. The Bertz CT molecular complexity index is 3750. The van der Waals surface area contributed by atoms with E-state index in [0.29, 0.717) is 0 Å². The molecule has 0 spiro atoms. The third-order valence-corrected chi connectivity index (χ3v) is 14.0. The van der Waals surface area contributed by atoms with Crippen molar-refractivity contribution in [3.05, 3.63) is 289 Å². The van der Waals surface area contributed by atoms with Crippen molar-refractivity contribution in [3.8, 4) is 39.1 Å². The van der Waals surface area contributed by atoms with E-state index >= 15 is 0 Å². The molecule has 2 heteroatoms. The molecule has 0 amide bonds. The zero-order valence-corrected chi connectivity index (χ0v) is 36.8. The van der Waals surface area contributed by atoms with E-state index < -0.39 is 5.41 Å². The Kier molecular flexibility index (Phi) is 9.11. The molecule has 0 bridgehead atoms. The maximum absolute atomic E-state index is 2.43. The molecule has 0 saturated heterocycles. The Labute approximate surface area is 390 Å². The van der Waals surface area contributed by atoms with Crippen LogP contribution in [0.3, 0.4) is 0 Å². The minimum absolute atomic E-state index is 0.469. The van der Waals surface area contributed by atoms with Crippen molar-refractivity contribution in [3.63, 3.8) is 0 Å². The maximum Gasteiger partial charge on any atom is 0.0713 e. The molecule has 0 atom stereocenters. The summed E-state index contributed by atoms with van der Waals surface area (Å²) in [4.78, 5) is 2.43. The first-order valence-electron chi connectivity index (χ1n) is 23.2. The summed E-state index contributed by atoms with van der Waals surface area (Å²) < 4.78 is 2.43. The maximum atomic E-state index is 2.43. The summed E-state index contributed by atoms with van der Waals surface area (Å²) in [6.45, 7) is 0. The average Bonchev–Trinajstić information content (AvgIpc) is 3.90. The Hall–Kier alpha value is -8.72. The molecular formula is C65H44N2. The minimum atomic E-state index is -0.469. The van der Waals surface area contributed by atoms with Gasteiger partial charge in [0.2, 0.25) is 0 Å². The van der Waals surface area contributed by atoms with Crippen LogP contribution in [0, 0.1) is 0 Å². The van der Waals surface area contributed by atoms with Crippen molar-refractivity contribution in [1.29, 1.82) is 0 Å². The van der Waals surface area contributed by atoms with Crippen molar-refractivity contribution in [2.75, 3.05) is 4.90 Å². The van der Waals surface area contributed by atoms with E-state index in [0.717, 1.165) is 33.9 Å². The lowest BCUT2D eigenvalue weighted by atomic mass is 9.68. The van der Waals surface area contributed by atoms with Crippen LogP contribution >= 0.6 is 0 Å². The van der Waals surface area contributed by atoms with Crippen LogP contribution in [-0.2, 0) is 5.41 Å². The molecule has 1 heterocycles. The van der Waals surface area contributed by atoms with Crippen LogP contribution in [0.25, 0.3) is 71.6 Å². The summed E-state index contributed by atoms with van der Waals surface area (Å²) in [5.41, 5.74) is 18.7. The number of nitrogens with zero attached hydrogens (tertiary/aromatic N) is 2. The van der Waals surface area contributed by atoms with E-state index in [1.54, 1.807) is 0 Å². The lowest BCUT2D eigenvalue weighted by Crippen LogP contribution is -2.28. The van der Waals surface area contributed by atoms with E-state index in [9.17, 15) is 0 Å². The van der Waals surface area contributed by atoms with Gasteiger partial charge in [0, 0.05) is 33.5 Å². The monoisotopic (exact) mass is 852 g/mol. The predicted octanol–water partition coefficient (Wildman–Crippen LogP) is 17.1. The third kappa shape index (κ3) is 6.26. The topological polar surface area (TPSA) is 8.17 Å². The van der Waals surface area contributed by atoms with Gasteiger partial charge in [-0.2, -0.15) is 0 Å². The number of hydrogen-bond acceptors (Lipinski definition) is 1. The smallest absolute Gasteiger partial charge is 0.0713 e. The SMILES string of the molecule is c1ccc(-c2ccc(N(c3cccc(-c4ccc5c6ccccc6n(-c6ccc7ccccc7c6)c5c4)c3)c3ccc4c(c3)-c3ccccc3C4(c3ccccc3)c3ccccc3)cc2)cc1. The second kappa shape index (κ2) is 15.8. The summed E-state index contributed by atoms with van der Waals surface area (Å²) >= 11 is 0. The van der Waals surface area contributed by atoms with Gasteiger partial charge in [0.05, 0.1) is 16.4 Å². The van der Waals surface area contributed by atoms with E-state index in [1.165, 1.54) is 77.1 Å². The molecule has 13 rings (SSSR count). The van der Waals surface area contributed by atoms with Crippen LogP contribution in [0.15, 0.2) is 267 Å². The van der Waals surface area contributed by atoms with Crippen LogP contribution < -0.4 is 4.90 Å². The highest BCUT2D eigenvalue weighted by atomic mass is 15.1. The number of hydrogen-bond donors (Lipinski definition) is 0. The van der Waals surface area contributed by atoms with E-state index in [2.05, 4.69) is 276 Å². The summed E-state index contributed by atoms with van der Waals surface area (Å²) in [7, 11) is 0. The van der Waals surface area contributed by atoms with Crippen molar-refractivity contribution in [2.24, 2.45) is 0 Å². The fourth-order valence-electron chi connectivity index (χ4n) is 11.0. The van der Waals surface area contributed by atoms with Gasteiger partial charge in [0.1, 0.15) is 0 Å². The van der Waals surface area contributed by atoms with Gasteiger partial charge in [-0.05, 0) is 127 Å². The van der Waals surface area contributed by atoms with Crippen LogP contribution in [0.1, 0.15) is 22.3 Å². The van der Waals surface area contributed by atoms with Gasteiger partial charge in [0.15, 0.2) is 0 Å². The lowest BCUT2D eigenvalue weighted by Gasteiger charge is -2.34. The van der Waals surface area contributed by atoms with E-state index in [-0.39, 0.29) is 0 Å². The molecule has 0 fully saturated rings. The normalized spacial score (nSPS) is 12.6.